The average Bonchev–Trinajstić information content (AvgIpc) is 2.62. The van der Waals surface area contributed by atoms with Crippen LogP contribution < -0.4 is 5.73 Å². The highest BCUT2D eigenvalue weighted by Crippen LogP contribution is 2.28. The highest BCUT2D eigenvalue weighted by Gasteiger charge is 2.12. The fraction of sp³-hybridized carbons (Fsp3) is 0.167. The molecule has 0 amide bonds. The fourth-order valence-electron chi connectivity index (χ4n) is 1.65. The van der Waals surface area contributed by atoms with Crippen LogP contribution in [0.4, 0.5) is 8.78 Å². The molecule has 0 spiro atoms. The van der Waals surface area contributed by atoms with E-state index in [2.05, 4.69) is 15.9 Å². The van der Waals surface area contributed by atoms with Gasteiger partial charge in [-0.2, -0.15) is 11.3 Å². The first kappa shape index (κ1) is 12.7. The van der Waals surface area contributed by atoms with Gasteiger partial charge in [-0.1, -0.05) is 0 Å². The third-order valence-corrected chi connectivity index (χ3v) is 4.17. The molecule has 1 aromatic heterocycles. The van der Waals surface area contributed by atoms with Gasteiger partial charge in [0.25, 0.3) is 0 Å². The van der Waals surface area contributed by atoms with Gasteiger partial charge in [0.15, 0.2) is 0 Å². The summed E-state index contributed by atoms with van der Waals surface area (Å²) in [5.41, 5.74) is 7.53. The summed E-state index contributed by atoms with van der Waals surface area (Å²) < 4.78 is 27.0. The largest absolute Gasteiger partial charge is 0.324 e. The Hall–Kier alpha value is -0.780. The Kier molecular flexibility index (Phi) is 3.91. The Bertz CT molecular complexity index is 507. The van der Waals surface area contributed by atoms with Crippen LogP contribution in [0.5, 0.6) is 0 Å². The van der Waals surface area contributed by atoms with E-state index in [1.165, 1.54) is 23.5 Å². The first-order chi connectivity index (χ1) is 8.06. The third-order valence-electron chi connectivity index (χ3n) is 2.42. The lowest BCUT2D eigenvalue weighted by Gasteiger charge is -2.11. The van der Waals surface area contributed by atoms with Gasteiger partial charge in [-0.3, -0.25) is 0 Å². The molecule has 0 aliphatic rings. The van der Waals surface area contributed by atoms with E-state index in [4.69, 9.17) is 5.73 Å². The maximum atomic E-state index is 13.0. The summed E-state index contributed by atoms with van der Waals surface area (Å²) in [4.78, 5) is 0. The van der Waals surface area contributed by atoms with Gasteiger partial charge in [-0.25, -0.2) is 8.78 Å². The molecule has 90 valence electrons. The standard InChI is InChI=1S/C12H10BrF2NS/c13-11-6-17-5-10(11)12(16)3-7-1-8(14)4-9(15)2-7/h1-2,4-6,12H,3,16H2. The maximum absolute atomic E-state index is 13.0. The molecule has 0 fully saturated rings. The van der Waals surface area contributed by atoms with Gasteiger partial charge < -0.3 is 5.73 Å². The second-order valence-electron chi connectivity index (χ2n) is 3.76. The molecule has 0 radical (unpaired) electrons. The lowest BCUT2D eigenvalue weighted by Crippen LogP contribution is -2.13. The molecule has 2 aromatic rings. The Morgan fingerprint density at radius 2 is 1.82 bits per heavy atom. The van der Waals surface area contributed by atoms with Crippen molar-refractivity contribution in [2.45, 2.75) is 12.5 Å². The highest BCUT2D eigenvalue weighted by molar-refractivity contribution is 9.10. The molecule has 0 aliphatic heterocycles. The zero-order valence-corrected chi connectivity index (χ0v) is 11.2. The van der Waals surface area contributed by atoms with Gasteiger partial charge in [0.1, 0.15) is 11.6 Å². The molecule has 2 rings (SSSR count). The zero-order chi connectivity index (χ0) is 12.4. The summed E-state index contributed by atoms with van der Waals surface area (Å²) in [5.74, 6) is -1.15. The van der Waals surface area contributed by atoms with Crippen molar-refractivity contribution in [1.29, 1.82) is 0 Å². The molecule has 0 saturated carbocycles. The molecule has 1 aromatic carbocycles. The lowest BCUT2D eigenvalue weighted by atomic mass is 10.0. The first-order valence-electron chi connectivity index (χ1n) is 4.98. The van der Waals surface area contributed by atoms with Crippen LogP contribution in [-0.4, -0.2) is 0 Å². The van der Waals surface area contributed by atoms with Crippen molar-refractivity contribution in [2.75, 3.05) is 0 Å². The maximum Gasteiger partial charge on any atom is 0.126 e. The summed E-state index contributed by atoms with van der Waals surface area (Å²) in [5, 5.41) is 3.87. The number of halogens is 3. The predicted octanol–water partition coefficient (Wildman–Crippen LogP) is 4.03. The molecule has 0 aliphatic carbocycles. The fourth-order valence-corrected chi connectivity index (χ4v) is 3.30. The summed E-state index contributed by atoms with van der Waals surface area (Å²) in [6, 6.07) is 3.21. The molecule has 0 saturated heterocycles. The van der Waals surface area contributed by atoms with Crippen LogP contribution in [-0.2, 0) is 6.42 Å². The van der Waals surface area contributed by atoms with Crippen LogP contribution >= 0.6 is 27.3 Å². The van der Waals surface area contributed by atoms with Crippen molar-refractivity contribution in [1.82, 2.24) is 0 Å². The number of thiophene rings is 1. The van der Waals surface area contributed by atoms with Crippen LogP contribution in [0.1, 0.15) is 17.2 Å². The number of hydrogen-bond acceptors (Lipinski definition) is 2. The van der Waals surface area contributed by atoms with Crippen LogP contribution in [0.15, 0.2) is 33.4 Å². The summed E-state index contributed by atoms with van der Waals surface area (Å²) >= 11 is 4.93. The Morgan fingerprint density at radius 1 is 1.18 bits per heavy atom. The van der Waals surface area contributed by atoms with Gasteiger partial charge in [-0.15, -0.1) is 0 Å². The highest BCUT2D eigenvalue weighted by atomic mass is 79.9. The number of rotatable bonds is 3. The van der Waals surface area contributed by atoms with Gasteiger partial charge in [0.2, 0.25) is 0 Å². The van der Waals surface area contributed by atoms with E-state index in [0.717, 1.165) is 16.1 Å². The molecule has 5 heteroatoms. The zero-order valence-electron chi connectivity index (χ0n) is 8.79. The smallest absolute Gasteiger partial charge is 0.126 e. The lowest BCUT2D eigenvalue weighted by molar-refractivity contribution is 0.576. The van der Waals surface area contributed by atoms with Crippen molar-refractivity contribution in [3.05, 3.63) is 56.2 Å². The number of nitrogens with two attached hydrogens (primary N) is 1. The minimum atomic E-state index is -0.573. The number of hydrogen-bond donors (Lipinski definition) is 1. The van der Waals surface area contributed by atoms with Gasteiger partial charge in [-0.05, 0) is 51.0 Å². The topological polar surface area (TPSA) is 26.0 Å². The Morgan fingerprint density at radius 3 is 2.35 bits per heavy atom. The van der Waals surface area contributed by atoms with Gasteiger partial charge >= 0.3 is 0 Å². The molecule has 1 nitrogen and oxygen atoms in total. The normalized spacial score (nSPS) is 12.7. The van der Waals surface area contributed by atoms with E-state index < -0.39 is 11.6 Å². The molecule has 1 unspecified atom stereocenters. The minimum Gasteiger partial charge on any atom is -0.324 e. The van der Waals surface area contributed by atoms with Crippen molar-refractivity contribution in [3.8, 4) is 0 Å². The molecular formula is C12H10BrF2NS. The van der Waals surface area contributed by atoms with E-state index in [1.807, 2.05) is 10.8 Å². The Balaban J connectivity index is 2.18. The Labute approximate surface area is 110 Å². The van der Waals surface area contributed by atoms with E-state index >= 15 is 0 Å². The monoisotopic (exact) mass is 317 g/mol. The van der Waals surface area contributed by atoms with Crippen molar-refractivity contribution in [2.24, 2.45) is 5.73 Å². The molecule has 1 atom stereocenters. The predicted molar refractivity (Wildman–Crippen MR) is 69.0 cm³/mol. The van der Waals surface area contributed by atoms with Crippen LogP contribution in [0.2, 0.25) is 0 Å². The van der Waals surface area contributed by atoms with Crippen LogP contribution in [0.25, 0.3) is 0 Å². The molecule has 0 bridgehead atoms. The summed E-state index contributed by atoms with van der Waals surface area (Å²) in [7, 11) is 0. The quantitative estimate of drug-likeness (QED) is 0.908. The van der Waals surface area contributed by atoms with Crippen LogP contribution in [0.3, 0.4) is 0 Å². The van der Waals surface area contributed by atoms with Gasteiger partial charge in [0.05, 0.1) is 0 Å². The molecule has 1 heterocycles. The molecule has 2 N–H and O–H groups in total. The SMILES string of the molecule is NC(Cc1cc(F)cc(F)c1)c1cscc1Br. The second-order valence-corrected chi connectivity index (χ2v) is 5.36. The van der Waals surface area contributed by atoms with Crippen molar-refractivity contribution in [3.63, 3.8) is 0 Å². The van der Waals surface area contributed by atoms with Gasteiger partial charge in [0, 0.05) is 22.0 Å². The average molecular weight is 318 g/mol. The number of benzene rings is 1. The van der Waals surface area contributed by atoms with E-state index in [9.17, 15) is 8.78 Å². The minimum absolute atomic E-state index is 0.267. The van der Waals surface area contributed by atoms with E-state index in [1.54, 1.807) is 0 Å². The van der Waals surface area contributed by atoms with Crippen molar-refractivity contribution < 1.29 is 8.78 Å². The molecule has 17 heavy (non-hydrogen) atoms. The summed E-state index contributed by atoms with van der Waals surface area (Å²) in [6.07, 6.45) is 0.407. The van der Waals surface area contributed by atoms with Crippen LogP contribution in [0, 0.1) is 11.6 Å². The van der Waals surface area contributed by atoms with Crippen molar-refractivity contribution >= 4 is 27.3 Å². The summed E-state index contributed by atoms with van der Waals surface area (Å²) in [6.45, 7) is 0. The third kappa shape index (κ3) is 3.12. The molecular weight excluding hydrogens is 308 g/mol. The van der Waals surface area contributed by atoms with E-state index in [0.29, 0.717) is 12.0 Å². The van der Waals surface area contributed by atoms with E-state index in [-0.39, 0.29) is 6.04 Å². The second kappa shape index (κ2) is 5.25. The first-order valence-corrected chi connectivity index (χ1v) is 6.72.